The van der Waals surface area contributed by atoms with E-state index in [-0.39, 0.29) is 40.6 Å². The third kappa shape index (κ3) is 3.67. The molecule has 1 N–H and O–H groups in total. The second kappa shape index (κ2) is 8.40. The van der Waals surface area contributed by atoms with Gasteiger partial charge >= 0.3 is 11.9 Å². The number of hydrogen-bond donors (Lipinski definition) is 1. The van der Waals surface area contributed by atoms with Gasteiger partial charge in [-0.15, -0.1) is 0 Å². The minimum Gasteiger partial charge on any atom is -0.492 e. The molecule has 32 heavy (non-hydrogen) atoms. The molecule has 2 heterocycles. The Morgan fingerprint density at radius 2 is 1.94 bits per heavy atom. The van der Waals surface area contributed by atoms with Crippen LogP contribution in [0.5, 0.6) is 5.75 Å². The molecule has 0 unspecified atom stereocenters. The highest BCUT2D eigenvalue weighted by Crippen LogP contribution is 2.45. The Labute approximate surface area is 182 Å². The lowest BCUT2D eigenvalue weighted by atomic mass is 9.96. The number of pyridine rings is 1. The van der Waals surface area contributed by atoms with Gasteiger partial charge in [0.05, 0.1) is 36.6 Å². The number of methoxy groups -OCH3 is 1. The van der Waals surface area contributed by atoms with E-state index < -0.39 is 35.0 Å². The van der Waals surface area contributed by atoms with Crippen molar-refractivity contribution < 1.29 is 33.0 Å². The molecule has 2 aromatic rings. The molecule has 1 aliphatic carbocycles. The molecule has 2 fully saturated rings. The molecule has 1 saturated carbocycles. The number of esters is 1. The van der Waals surface area contributed by atoms with Crippen molar-refractivity contribution in [3.05, 3.63) is 33.9 Å². The number of aromatic carboxylic acids is 1. The van der Waals surface area contributed by atoms with E-state index in [1.54, 1.807) is 11.8 Å². The van der Waals surface area contributed by atoms with Crippen molar-refractivity contribution >= 4 is 28.5 Å². The summed E-state index contributed by atoms with van der Waals surface area (Å²) in [5.74, 6) is -2.73. The van der Waals surface area contributed by atoms with Crippen LogP contribution in [0.25, 0.3) is 10.9 Å². The van der Waals surface area contributed by atoms with Crippen molar-refractivity contribution in [1.82, 2.24) is 4.57 Å². The van der Waals surface area contributed by atoms with Gasteiger partial charge in [0, 0.05) is 25.7 Å². The SMILES string of the molecule is CCOC(=O)C1CCN(c2c(F)cc3c(=O)c(C(=O)O)cn([C@@H]4C[C@@H]4F)c3c2OC)CC1. The van der Waals surface area contributed by atoms with Gasteiger partial charge < -0.3 is 24.0 Å². The maximum Gasteiger partial charge on any atom is 0.341 e. The molecule has 1 saturated heterocycles. The number of fused-ring (bicyclic) bond motifs is 1. The standard InChI is InChI=1S/C22H24F2N2O6/c1-3-32-22(30)11-4-6-25(7-5-11)18-15(24)8-12-17(20(18)31-2)26(16-9-14(16)23)10-13(19(12)27)21(28)29/h8,10-11,14,16H,3-7,9H2,1-2H3,(H,28,29)/t14-,16+/m0/s1. The molecular weight excluding hydrogens is 426 g/mol. The van der Waals surface area contributed by atoms with Crippen molar-refractivity contribution in [3.8, 4) is 5.75 Å². The minimum absolute atomic E-state index is 0.0442. The van der Waals surface area contributed by atoms with E-state index in [1.165, 1.54) is 11.7 Å². The summed E-state index contributed by atoms with van der Waals surface area (Å²) in [7, 11) is 1.32. The van der Waals surface area contributed by atoms with E-state index >= 15 is 4.39 Å². The number of halogens is 2. The Hall–Kier alpha value is -3.17. The average Bonchev–Trinajstić information content (AvgIpc) is 3.49. The van der Waals surface area contributed by atoms with Crippen LogP contribution in [0.4, 0.5) is 14.5 Å². The first-order chi connectivity index (χ1) is 15.3. The van der Waals surface area contributed by atoms with Gasteiger partial charge in [0.1, 0.15) is 17.4 Å². The zero-order chi connectivity index (χ0) is 23.2. The number of carboxylic acids is 1. The van der Waals surface area contributed by atoms with E-state index in [0.717, 1.165) is 12.3 Å². The predicted octanol–water partition coefficient (Wildman–Crippen LogP) is 2.91. The molecule has 0 spiro atoms. The molecular formula is C22H24F2N2O6. The summed E-state index contributed by atoms with van der Waals surface area (Å²) < 4.78 is 41.2. The Bertz CT molecular complexity index is 1140. The largest absolute Gasteiger partial charge is 0.492 e. The number of carboxylic acid groups (broad SMARTS) is 1. The van der Waals surface area contributed by atoms with E-state index in [1.807, 2.05) is 0 Å². The van der Waals surface area contributed by atoms with E-state index in [9.17, 15) is 23.9 Å². The normalized spacial score (nSPS) is 20.9. The third-order valence-corrected chi connectivity index (χ3v) is 6.10. The number of carbonyl (C=O) groups excluding carboxylic acids is 1. The van der Waals surface area contributed by atoms with Gasteiger partial charge in [-0.25, -0.2) is 13.6 Å². The predicted molar refractivity (Wildman–Crippen MR) is 112 cm³/mol. The number of nitrogens with zero attached hydrogens (tertiary/aromatic N) is 2. The molecule has 2 aliphatic rings. The van der Waals surface area contributed by atoms with Crippen LogP contribution in [0.15, 0.2) is 17.1 Å². The fraction of sp³-hybridized carbons (Fsp3) is 0.500. The molecule has 8 nitrogen and oxygen atoms in total. The van der Waals surface area contributed by atoms with Gasteiger partial charge in [-0.3, -0.25) is 9.59 Å². The third-order valence-electron chi connectivity index (χ3n) is 6.10. The first-order valence-corrected chi connectivity index (χ1v) is 10.5. The van der Waals surface area contributed by atoms with Crippen LogP contribution in [0, 0.1) is 11.7 Å². The summed E-state index contributed by atoms with van der Waals surface area (Å²) in [6.45, 7) is 2.74. The number of piperidine rings is 1. The van der Waals surface area contributed by atoms with Gasteiger partial charge in [-0.2, -0.15) is 0 Å². The molecule has 1 aromatic heterocycles. The zero-order valence-corrected chi connectivity index (χ0v) is 17.8. The molecule has 2 atom stereocenters. The van der Waals surface area contributed by atoms with Crippen molar-refractivity contribution in [2.75, 3.05) is 31.7 Å². The summed E-state index contributed by atoms with van der Waals surface area (Å²) in [6, 6.07) is 0.337. The maximum absolute atomic E-state index is 15.3. The summed E-state index contributed by atoms with van der Waals surface area (Å²) in [6.07, 6.45) is 0.992. The van der Waals surface area contributed by atoms with Gasteiger partial charge in [-0.05, 0) is 25.8 Å². The molecule has 0 radical (unpaired) electrons. The molecule has 0 amide bonds. The Morgan fingerprint density at radius 3 is 2.47 bits per heavy atom. The average molecular weight is 450 g/mol. The molecule has 172 valence electrons. The van der Waals surface area contributed by atoms with Crippen molar-refractivity contribution in [2.45, 2.75) is 38.4 Å². The molecule has 10 heteroatoms. The van der Waals surface area contributed by atoms with Gasteiger partial charge in [0.15, 0.2) is 11.6 Å². The lowest BCUT2D eigenvalue weighted by molar-refractivity contribution is -0.148. The summed E-state index contributed by atoms with van der Waals surface area (Å²) in [5, 5.41) is 9.22. The number of benzene rings is 1. The number of hydrogen-bond acceptors (Lipinski definition) is 6. The first-order valence-electron chi connectivity index (χ1n) is 10.5. The number of aromatic nitrogens is 1. The summed E-state index contributed by atoms with van der Waals surface area (Å²) >= 11 is 0. The van der Waals surface area contributed by atoms with Crippen molar-refractivity contribution in [1.29, 1.82) is 0 Å². The second-order valence-corrected chi connectivity index (χ2v) is 8.05. The topological polar surface area (TPSA) is 98.1 Å². The van der Waals surface area contributed by atoms with Crippen LogP contribution in [-0.2, 0) is 9.53 Å². The highest BCUT2D eigenvalue weighted by Gasteiger charge is 2.41. The smallest absolute Gasteiger partial charge is 0.341 e. The molecule has 4 rings (SSSR count). The fourth-order valence-corrected chi connectivity index (χ4v) is 4.38. The lowest BCUT2D eigenvalue weighted by Crippen LogP contribution is -2.37. The van der Waals surface area contributed by atoms with E-state index in [2.05, 4.69) is 0 Å². The van der Waals surface area contributed by atoms with Crippen molar-refractivity contribution in [3.63, 3.8) is 0 Å². The van der Waals surface area contributed by atoms with Crippen LogP contribution < -0.4 is 15.1 Å². The molecule has 1 aromatic carbocycles. The highest BCUT2D eigenvalue weighted by molar-refractivity contribution is 5.97. The summed E-state index contributed by atoms with van der Waals surface area (Å²) in [5.41, 5.74) is -1.14. The number of rotatable bonds is 6. The molecule has 1 aliphatic heterocycles. The van der Waals surface area contributed by atoms with Crippen LogP contribution in [0.1, 0.15) is 42.6 Å². The first kappa shape index (κ1) is 22.0. The minimum atomic E-state index is -1.47. The highest BCUT2D eigenvalue weighted by atomic mass is 19.1. The van der Waals surface area contributed by atoms with Crippen LogP contribution in [-0.4, -0.2) is 54.6 Å². The monoisotopic (exact) mass is 450 g/mol. The number of ether oxygens (including phenoxy) is 2. The lowest BCUT2D eigenvalue weighted by Gasteiger charge is -2.34. The van der Waals surface area contributed by atoms with E-state index in [0.29, 0.717) is 32.5 Å². The Kier molecular flexibility index (Phi) is 5.79. The van der Waals surface area contributed by atoms with Crippen LogP contribution in [0.2, 0.25) is 0 Å². The van der Waals surface area contributed by atoms with Crippen LogP contribution >= 0.6 is 0 Å². The van der Waals surface area contributed by atoms with E-state index in [4.69, 9.17) is 9.47 Å². The second-order valence-electron chi connectivity index (χ2n) is 8.05. The number of carbonyl (C=O) groups is 2. The summed E-state index contributed by atoms with van der Waals surface area (Å²) in [4.78, 5) is 38.1. The van der Waals surface area contributed by atoms with Gasteiger partial charge in [0.25, 0.3) is 0 Å². The zero-order valence-electron chi connectivity index (χ0n) is 17.8. The number of alkyl halides is 1. The van der Waals surface area contributed by atoms with Gasteiger partial charge in [0.2, 0.25) is 5.43 Å². The Morgan fingerprint density at radius 1 is 1.28 bits per heavy atom. The van der Waals surface area contributed by atoms with Crippen molar-refractivity contribution in [2.24, 2.45) is 5.92 Å². The molecule has 0 bridgehead atoms. The number of anilines is 1. The van der Waals surface area contributed by atoms with Gasteiger partial charge in [-0.1, -0.05) is 0 Å². The quantitative estimate of drug-likeness (QED) is 0.676. The fourth-order valence-electron chi connectivity index (χ4n) is 4.38. The maximum atomic E-state index is 15.3. The van der Waals surface area contributed by atoms with Crippen LogP contribution in [0.3, 0.4) is 0 Å². The Balaban J connectivity index is 1.82.